The summed E-state index contributed by atoms with van der Waals surface area (Å²) in [5, 5.41) is 21.8. The Morgan fingerprint density at radius 1 is 1.03 bits per heavy atom. The van der Waals surface area contributed by atoms with E-state index in [2.05, 4.69) is 15.5 Å². The molecule has 0 radical (unpaired) electrons. The van der Waals surface area contributed by atoms with Crippen LogP contribution in [0.3, 0.4) is 0 Å². The van der Waals surface area contributed by atoms with E-state index in [-0.39, 0.29) is 19.3 Å². The van der Waals surface area contributed by atoms with Crippen molar-refractivity contribution in [3.05, 3.63) is 77.1 Å². The number of halogens is 4. The van der Waals surface area contributed by atoms with Gasteiger partial charge in [0.25, 0.3) is 5.92 Å². The number of aromatic nitrogens is 4. The third-order valence-electron chi connectivity index (χ3n) is 8.17. The lowest BCUT2D eigenvalue weighted by Crippen LogP contribution is -2.76. The van der Waals surface area contributed by atoms with Crippen LogP contribution in [0.1, 0.15) is 36.0 Å². The molecule has 3 aromatic rings. The molecule has 0 unspecified atom stereocenters. The van der Waals surface area contributed by atoms with Gasteiger partial charge in [-0.2, -0.15) is 0 Å². The second-order valence-corrected chi connectivity index (χ2v) is 10.4. The fourth-order valence-electron chi connectivity index (χ4n) is 6.18. The Hall–Kier alpha value is -2.89. The Balaban J connectivity index is 1.30. The van der Waals surface area contributed by atoms with Gasteiger partial charge in [0.1, 0.15) is 18.0 Å². The molecule has 35 heavy (non-hydrogen) atoms. The number of alkyl halides is 2. The predicted molar refractivity (Wildman–Crippen MR) is 114 cm³/mol. The number of hydrogen-bond acceptors (Lipinski definition) is 6. The van der Waals surface area contributed by atoms with Crippen LogP contribution in [0.25, 0.3) is 0 Å². The van der Waals surface area contributed by atoms with Crippen LogP contribution in [0.2, 0.25) is 0 Å². The van der Waals surface area contributed by atoms with Crippen molar-refractivity contribution in [1.29, 1.82) is 0 Å². The van der Waals surface area contributed by atoms with Crippen molar-refractivity contribution in [2.24, 2.45) is 11.1 Å². The van der Waals surface area contributed by atoms with E-state index in [0.29, 0.717) is 19.3 Å². The Bertz CT molecular complexity index is 1260. The minimum Gasteiger partial charge on any atom is -0.377 e. The third-order valence-corrected chi connectivity index (χ3v) is 8.17. The predicted octanol–water partition coefficient (Wildman–Crippen LogP) is 2.78. The van der Waals surface area contributed by atoms with Gasteiger partial charge in [-0.15, -0.1) is 5.10 Å². The number of aliphatic hydroxyl groups is 1. The molecule has 1 saturated heterocycles. The fourth-order valence-corrected chi connectivity index (χ4v) is 6.18. The van der Waals surface area contributed by atoms with Gasteiger partial charge in [0, 0.05) is 17.0 Å². The molecule has 7 rings (SSSR count). The zero-order valence-electron chi connectivity index (χ0n) is 18.6. The van der Waals surface area contributed by atoms with Gasteiger partial charge >= 0.3 is 0 Å². The average Bonchev–Trinajstić information content (AvgIpc) is 3.23. The number of tetrazole rings is 1. The summed E-state index contributed by atoms with van der Waals surface area (Å²) in [6, 6.07) is 9.83. The first-order chi connectivity index (χ1) is 16.5. The normalized spacial score (nSPS) is 28.4. The Morgan fingerprint density at radius 2 is 1.69 bits per heavy atom. The van der Waals surface area contributed by atoms with E-state index in [9.17, 15) is 13.9 Å². The van der Waals surface area contributed by atoms with E-state index < -0.39 is 51.6 Å². The lowest BCUT2D eigenvalue weighted by atomic mass is 9.30. The molecule has 4 aliphatic rings. The summed E-state index contributed by atoms with van der Waals surface area (Å²) in [6.07, 6.45) is 1.45. The van der Waals surface area contributed by atoms with Crippen LogP contribution in [-0.4, -0.2) is 44.5 Å². The summed E-state index contributed by atoms with van der Waals surface area (Å²) in [4.78, 5) is 0. The average molecular weight is 489 g/mol. The van der Waals surface area contributed by atoms with Crippen LogP contribution in [0.4, 0.5) is 17.6 Å². The van der Waals surface area contributed by atoms with Gasteiger partial charge in [-0.25, -0.2) is 22.2 Å². The SMILES string of the molecule is NC1(c2ccc(C34CC(C(F)(F)[C@](O)(Cn5cnnn5)c5ccc(F)cc5F)(C3)C4)cc2)COC1. The zero-order valence-corrected chi connectivity index (χ0v) is 18.6. The highest BCUT2D eigenvalue weighted by Crippen LogP contribution is 2.80. The van der Waals surface area contributed by atoms with Crippen molar-refractivity contribution in [1.82, 2.24) is 20.2 Å². The fraction of sp³-hybridized carbons (Fsp3) is 0.458. The van der Waals surface area contributed by atoms with Gasteiger partial charge < -0.3 is 15.6 Å². The van der Waals surface area contributed by atoms with E-state index in [0.717, 1.165) is 34.3 Å². The minimum atomic E-state index is -3.75. The highest BCUT2D eigenvalue weighted by atomic mass is 19.3. The molecular weight excluding hydrogens is 466 g/mol. The second-order valence-electron chi connectivity index (χ2n) is 10.4. The summed E-state index contributed by atoms with van der Waals surface area (Å²) >= 11 is 0. The first-order valence-corrected chi connectivity index (χ1v) is 11.3. The van der Waals surface area contributed by atoms with E-state index in [1.807, 2.05) is 24.3 Å². The zero-order chi connectivity index (χ0) is 24.7. The van der Waals surface area contributed by atoms with Gasteiger partial charge in [-0.05, 0) is 58.4 Å². The summed E-state index contributed by atoms with van der Waals surface area (Å²) < 4.78 is 66.9. The molecule has 1 atom stereocenters. The second kappa shape index (κ2) is 7.08. The van der Waals surface area contributed by atoms with Crippen LogP contribution in [0, 0.1) is 17.0 Å². The molecule has 0 amide bonds. The number of ether oxygens (including phenoxy) is 1. The largest absolute Gasteiger partial charge is 0.377 e. The summed E-state index contributed by atoms with van der Waals surface area (Å²) in [5.74, 6) is -5.94. The summed E-state index contributed by atoms with van der Waals surface area (Å²) in [6.45, 7) is 0.0823. The molecule has 1 aromatic heterocycles. The molecule has 3 saturated carbocycles. The molecule has 2 bridgehead atoms. The standard InChI is InChI=1S/C24H23F4N5O2/c25-17-5-6-18(19(26)7-17)23(34,11-33-14-30-31-32-33)24(27,28)21-8-20(9-21,10-21)15-1-3-16(4-2-15)22(29)12-35-13-22/h1-7,14,34H,8-13,29H2/t20?,21?,23-/m0/s1. The molecule has 11 heteroatoms. The van der Waals surface area contributed by atoms with Gasteiger partial charge in [-0.1, -0.05) is 24.3 Å². The van der Waals surface area contributed by atoms with Gasteiger partial charge in [0.15, 0.2) is 5.60 Å². The number of nitrogens with two attached hydrogens (primary N) is 1. The molecule has 3 N–H and O–H groups in total. The summed E-state index contributed by atoms with van der Waals surface area (Å²) in [5.41, 5.74) is 1.96. The molecule has 2 heterocycles. The molecule has 7 nitrogen and oxygen atoms in total. The van der Waals surface area contributed by atoms with Crippen LogP contribution in [-0.2, 0) is 27.8 Å². The Kier molecular flexibility index (Phi) is 4.57. The molecular formula is C24H23F4N5O2. The first kappa shape index (κ1) is 22.6. The highest BCUT2D eigenvalue weighted by molar-refractivity contribution is 5.44. The van der Waals surface area contributed by atoms with Crippen molar-refractivity contribution in [3.63, 3.8) is 0 Å². The Morgan fingerprint density at radius 3 is 2.23 bits per heavy atom. The van der Waals surface area contributed by atoms with E-state index in [1.165, 1.54) is 0 Å². The molecule has 2 aromatic carbocycles. The van der Waals surface area contributed by atoms with Gasteiger partial charge in [0.2, 0.25) is 0 Å². The highest BCUT2D eigenvalue weighted by Gasteiger charge is 2.82. The topological polar surface area (TPSA) is 99.1 Å². The third kappa shape index (κ3) is 2.98. The molecule has 4 fully saturated rings. The number of rotatable bonds is 7. The number of hydrogen-bond donors (Lipinski definition) is 2. The molecule has 184 valence electrons. The summed E-state index contributed by atoms with van der Waals surface area (Å²) in [7, 11) is 0. The van der Waals surface area contributed by atoms with Crippen LogP contribution < -0.4 is 5.73 Å². The van der Waals surface area contributed by atoms with E-state index in [1.54, 1.807) is 0 Å². The maximum atomic E-state index is 16.2. The van der Waals surface area contributed by atoms with Gasteiger partial charge in [-0.3, -0.25) is 0 Å². The number of nitrogens with zero attached hydrogens (tertiary/aromatic N) is 4. The first-order valence-electron chi connectivity index (χ1n) is 11.3. The quantitative estimate of drug-likeness (QED) is 0.496. The number of benzene rings is 2. The van der Waals surface area contributed by atoms with Crippen molar-refractivity contribution in [2.75, 3.05) is 13.2 Å². The molecule has 0 spiro atoms. The lowest BCUT2D eigenvalue weighted by Gasteiger charge is -2.74. The molecule has 3 aliphatic carbocycles. The maximum absolute atomic E-state index is 16.2. The van der Waals surface area contributed by atoms with Crippen molar-refractivity contribution in [2.45, 2.75) is 48.3 Å². The Labute approximate surface area is 197 Å². The van der Waals surface area contributed by atoms with Crippen molar-refractivity contribution in [3.8, 4) is 0 Å². The molecule has 1 aliphatic heterocycles. The maximum Gasteiger partial charge on any atom is 0.287 e. The minimum absolute atomic E-state index is 0.129. The monoisotopic (exact) mass is 489 g/mol. The van der Waals surface area contributed by atoms with Crippen molar-refractivity contribution >= 4 is 0 Å². The van der Waals surface area contributed by atoms with Crippen molar-refractivity contribution < 1.29 is 27.4 Å². The van der Waals surface area contributed by atoms with Crippen LogP contribution in [0.15, 0.2) is 48.8 Å². The van der Waals surface area contributed by atoms with Gasteiger partial charge in [0.05, 0.1) is 25.3 Å². The lowest BCUT2D eigenvalue weighted by molar-refractivity contribution is -0.347. The van der Waals surface area contributed by atoms with E-state index >= 15 is 8.78 Å². The van der Waals surface area contributed by atoms with Crippen LogP contribution >= 0.6 is 0 Å². The van der Waals surface area contributed by atoms with Crippen LogP contribution in [0.5, 0.6) is 0 Å². The smallest absolute Gasteiger partial charge is 0.287 e. The van der Waals surface area contributed by atoms with E-state index in [4.69, 9.17) is 10.5 Å².